The predicted octanol–water partition coefficient (Wildman–Crippen LogP) is 4.97. The molecule has 3 aromatic rings. The van der Waals surface area contributed by atoms with Gasteiger partial charge in [-0.1, -0.05) is 25.1 Å². The number of sulfonamides is 1. The first-order valence-electron chi connectivity index (χ1n) is 10.5. The normalized spacial score (nSPS) is 11.2. The highest BCUT2D eigenvalue weighted by molar-refractivity contribution is 7.92. The first kappa shape index (κ1) is 24.3. The molecule has 0 saturated carbocycles. The van der Waals surface area contributed by atoms with Crippen LogP contribution in [0.15, 0.2) is 71.6 Å². The van der Waals surface area contributed by atoms with Crippen LogP contribution in [-0.4, -0.2) is 28.0 Å². The SMILES string of the molecule is CCc1ccc(S(=O)(=O)N(CC)c2ccc(OCc3ccc(F)cc3)cc2)cc1C(=O)OC. The minimum absolute atomic E-state index is 0.0126. The number of hydrogen-bond acceptors (Lipinski definition) is 5. The van der Waals surface area contributed by atoms with E-state index in [0.717, 1.165) is 5.56 Å². The fraction of sp³-hybridized carbons (Fsp3) is 0.240. The van der Waals surface area contributed by atoms with Crippen LogP contribution in [0.5, 0.6) is 5.75 Å². The molecular formula is C25H26FNO5S. The second-order valence-corrected chi connectivity index (χ2v) is 9.11. The van der Waals surface area contributed by atoms with E-state index in [1.807, 2.05) is 6.92 Å². The lowest BCUT2D eigenvalue weighted by molar-refractivity contribution is 0.0599. The summed E-state index contributed by atoms with van der Waals surface area (Å²) in [5.41, 5.74) is 2.23. The molecule has 174 valence electrons. The molecule has 0 N–H and O–H groups in total. The molecule has 3 aromatic carbocycles. The van der Waals surface area contributed by atoms with Gasteiger partial charge in [0.05, 0.1) is 23.3 Å². The molecule has 0 aliphatic rings. The average Bonchev–Trinajstić information content (AvgIpc) is 2.83. The van der Waals surface area contributed by atoms with Crippen LogP contribution in [0.2, 0.25) is 0 Å². The third-order valence-corrected chi connectivity index (χ3v) is 7.09. The molecule has 3 rings (SSSR count). The first-order valence-corrected chi connectivity index (χ1v) is 12.0. The van der Waals surface area contributed by atoms with Gasteiger partial charge in [0.25, 0.3) is 10.0 Å². The molecule has 33 heavy (non-hydrogen) atoms. The van der Waals surface area contributed by atoms with E-state index in [0.29, 0.717) is 23.4 Å². The van der Waals surface area contributed by atoms with Crippen LogP contribution in [-0.2, 0) is 27.8 Å². The quantitative estimate of drug-likeness (QED) is 0.412. The van der Waals surface area contributed by atoms with Gasteiger partial charge in [0.15, 0.2) is 0 Å². The van der Waals surface area contributed by atoms with Crippen molar-refractivity contribution in [2.45, 2.75) is 31.8 Å². The Kier molecular flexibility index (Phi) is 7.71. The highest BCUT2D eigenvalue weighted by Gasteiger charge is 2.25. The number of ether oxygens (including phenoxy) is 2. The summed E-state index contributed by atoms with van der Waals surface area (Å²) >= 11 is 0. The summed E-state index contributed by atoms with van der Waals surface area (Å²) in [5.74, 6) is -0.335. The lowest BCUT2D eigenvalue weighted by Gasteiger charge is -2.23. The van der Waals surface area contributed by atoms with Gasteiger partial charge in [0.2, 0.25) is 0 Å². The average molecular weight is 472 g/mol. The van der Waals surface area contributed by atoms with E-state index in [2.05, 4.69) is 0 Å². The standard InChI is InChI=1S/C25H26FNO5S/c1-4-19-8-15-23(16-24(19)25(28)31-3)33(29,30)27(5-2)21-11-13-22(14-12-21)32-17-18-6-9-20(26)10-7-18/h6-16H,4-5,17H2,1-3H3. The van der Waals surface area contributed by atoms with Crippen molar-refractivity contribution in [2.24, 2.45) is 0 Å². The Morgan fingerprint density at radius 3 is 2.21 bits per heavy atom. The minimum Gasteiger partial charge on any atom is -0.489 e. The molecule has 0 amide bonds. The number of nitrogens with zero attached hydrogens (tertiary/aromatic N) is 1. The minimum atomic E-state index is -3.92. The molecule has 0 radical (unpaired) electrons. The molecule has 8 heteroatoms. The van der Waals surface area contributed by atoms with E-state index in [1.165, 1.54) is 35.7 Å². The topological polar surface area (TPSA) is 72.9 Å². The zero-order valence-electron chi connectivity index (χ0n) is 18.7. The summed E-state index contributed by atoms with van der Waals surface area (Å²) in [7, 11) is -2.65. The van der Waals surface area contributed by atoms with E-state index < -0.39 is 16.0 Å². The zero-order chi connectivity index (χ0) is 24.0. The molecule has 0 unspecified atom stereocenters. The van der Waals surface area contributed by atoms with Gasteiger partial charge in [-0.15, -0.1) is 0 Å². The largest absolute Gasteiger partial charge is 0.489 e. The van der Waals surface area contributed by atoms with Crippen molar-refractivity contribution in [1.29, 1.82) is 0 Å². The molecule has 0 aliphatic carbocycles. The predicted molar refractivity (Wildman–Crippen MR) is 125 cm³/mol. The number of aryl methyl sites for hydroxylation is 1. The maximum atomic E-state index is 13.4. The number of carbonyl (C=O) groups excluding carboxylic acids is 1. The lowest BCUT2D eigenvalue weighted by Crippen LogP contribution is -2.31. The Morgan fingerprint density at radius 1 is 0.970 bits per heavy atom. The van der Waals surface area contributed by atoms with Crippen molar-refractivity contribution in [3.05, 3.63) is 89.2 Å². The maximum absolute atomic E-state index is 13.4. The zero-order valence-corrected chi connectivity index (χ0v) is 19.6. The van der Waals surface area contributed by atoms with Crippen molar-refractivity contribution in [1.82, 2.24) is 0 Å². The van der Waals surface area contributed by atoms with Gasteiger partial charge in [-0.3, -0.25) is 4.31 Å². The van der Waals surface area contributed by atoms with Crippen molar-refractivity contribution in [2.75, 3.05) is 18.0 Å². The summed E-state index contributed by atoms with van der Waals surface area (Å²) in [6.45, 7) is 4.07. The lowest BCUT2D eigenvalue weighted by atomic mass is 10.1. The Hall–Kier alpha value is -3.39. The molecule has 0 aliphatic heterocycles. The number of methoxy groups -OCH3 is 1. The fourth-order valence-electron chi connectivity index (χ4n) is 3.40. The number of benzene rings is 3. The molecule has 0 atom stereocenters. The third kappa shape index (κ3) is 5.51. The van der Waals surface area contributed by atoms with E-state index >= 15 is 0 Å². The van der Waals surface area contributed by atoms with E-state index in [1.54, 1.807) is 49.4 Å². The fourth-order valence-corrected chi connectivity index (χ4v) is 4.90. The van der Waals surface area contributed by atoms with Gasteiger partial charge < -0.3 is 9.47 Å². The number of hydrogen-bond donors (Lipinski definition) is 0. The molecule has 0 spiro atoms. The van der Waals surface area contributed by atoms with E-state index in [-0.39, 0.29) is 29.4 Å². The summed E-state index contributed by atoms with van der Waals surface area (Å²) < 4.78 is 51.5. The number of esters is 1. The second kappa shape index (κ2) is 10.5. The highest BCUT2D eigenvalue weighted by Crippen LogP contribution is 2.27. The first-order chi connectivity index (χ1) is 15.8. The van der Waals surface area contributed by atoms with Crippen LogP contribution in [0, 0.1) is 5.82 Å². The summed E-state index contributed by atoms with van der Waals surface area (Å²) in [4.78, 5) is 12.1. The summed E-state index contributed by atoms with van der Waals surface area (Å²) in [5, 5.41) is 0. The third-order valence-electron chi connectivity index (χ3n) is 5.19. The molecule has 6 nitrogen and oxygen atoms in total. The van der Waals surface area contributed by atoms with Crippen LogP contribution < -0.4 is 9.04 Å². The van der Waals surface area contributed by atoms with Crippen LogP contribution in [0.3, 0.4) is 0 Å². The molecular weight excluding hydrogens is 445 g/mol. The van der Waals surface area contributed by atoms with Gasteiger partial charge >= 0.3 is 5.97 Å². The number of rotatable bonds is 9. The van der Waals surface area contributed by atoms with Gasteiger partial charge in [-0.2, -0.15) is 0 Å². The molecule has 0 fully saturated rings. The maximum Gasteiger partial charge on any atom is 0.338 e. The smallest absolute Gasteiger partial charge is 0.338 e. The van der Waals surface area contributed by atoms with Crippen molar-refractivity contribution in [3.8, 4) is 5.75 Å². The van der Waals surface area contributed by atoms with E-state index in [9.17, 15) is 17.6 Å². The molecule has 0 saturated heterocycles. The Labute approximate surface area is 193 Å². The van der Waals surface area contributed by atoms with Crippen molar-refractivity contribution in [3.63, 3.8) is 0 Å². The molecule has 0 aromatic heterocycles. The van der Waals surface area contributed by atoms with Crippen LogP contribution in [0.25, 0.3) is 0 Å². The summed E-state index contributed by atoms with van der Waals surface area (Å²) in [6.07, 6.45) is 0.571. The Morgan fingerprint density at radius 2 is 1.64 bits per heavy atom. The van der Waals surface area contributed by atoms with Gasteiger partial charge in [-0.25, -0.2) is 17.6 Å². The van der Waals surface area contributed by atoms with Crippen LogP contribution in [0.4, 0.5) is 10.1 Å². The summed E-state index contributed by atoms with van der Waals surface area (Å²) in [6, 6.07) is 17.2. The molecule has 0 heterocycles. The van der Waals surface area contributed by atoms with Crippen molar-refractivity contribution >= 4 is 21.7 Å². The van der Waals surface area contributed by atoms with Gasteiger partial charge in [0, 0.05) is 6.54 Å². The Bertz CT molecular complexity index is 1210. The Balaban J connectivity index is 1.82. The van der Waals surface area contributed by atoms with Crippen LogP contribution in [0.1, 0.15) is 35.3 Å². The van der Waals surface area contributed by atoms with Gasteiger partial charge in [-0.05, 0) is 73.0 Å². The second-order valence-electron chi connectivity index (χ2n) is 7.24. The van der Waals surface area contributed by atoms with E-state index in [4.69, 9.17) is 9.47 Å². The highest BCUT2D eigenvalue weighted by atomic mass is 32.2. The van der Waals surface area contributed by atoms with Crippen molar-refractivity contribution < 1.29 is 27.1 Å². The molecule has 0 bridgehead atoms. The van der Waals surface area contributed by atoms with Crippen LogP contribution >= 0.6 is 0 Å². The number of carbonyl (C=O) groups is 1. The number of halogens is 1. The van der Waals surface area contributed by atoms with Gasteiger partial charge in [0.1, 0.15) is 18.2 Å². The number of anilines is 1. The monoisotopic (exact) mass is 471 g/mol.